The van der Waals surface area contributed by atoms with Crippen molar-refractivity contribution in [1.82, 2.24) is 10.1 Å². The van der Waals surface area contributed by atoms with Crippen molar-refractivity contribution < 1.29 is 24.0 Å². The van der Waals surface area contributed by atoms with E-state index in [0.717, 1.165) is 11.3 Å². The molecule has 156 valence electrons. The van der Waals surface area contributed by atoms with Crippen LogP contribution in [0.4, 0.5) is 5.69 Å². The SMILES string of the molecule is CN(Cc1ccon1)C(=O)[C@H]1[C@@H]2C=C[C@@]3(CN(c4ccc(CCO)cc4)C(=O)[C@H]13)O2. The Morgan fingerprint density at radius 3 is 2.83 bits per heavy atom. The molecule has 1 spiro atoms. The number of carbonyl (C=O) groups is 2. The molecule has 8 nitrogen and oxygen atoms in total. The number of aliphatic hydroxyl groups is 1. The lowest BCUT2D eigenvalue weighted by molar-refractivity contribution is -0.139. The average molecular weight is 409 g/mol. The molecule has 4 atom stereocenters. The monoisotopic (exact) mass is 409 g/mol. The van der Waals surface area contributed by atoms with Gasteiger partial charge in [0.05, 0.1) is 31.0 Å². The van der Waals surface area contributed by atoms with Gasteiger partial charge in [-0.1, -0.05) is 29.4 Å². The first kappa shape index (κ1) is 19.0. The van der Waals surface area contributed by atoms with Crippen LogP contribution in [0.25, 0.3) is 0 Å². The van der Waals surface area contributed by atoms with Crippen LogP contribution in [0, 0.1) is 11.8 Å². The summed E-state index contributed by atoms with van der Waals surface area (Å²) in [6.07, 6.45) is 5.51. The molecule has 2 aromatic rings. The number of aromatic nitrogens is 1. The molecular weight excluding hydrogens is 386 g/mol. The van der Waals surface area contributed by atoms with Crippen molar-refractivity contribution in [2.24, 2.45) is 11.8 Å². The van der Waals surface area contributed by atoms with Crippen LogP contribution < -0.4 is 4.90 Å². The maximum Gasteiger partial charge on any atom is 0.234 e. The molecule has 0 unspecified atom stereocenters. The van der Waals surface area contributed by atoms with Gasteiger partial charge in [-0.3, -0.25) is 9.59 Å². The van der Waals surface area contributed by atoms with Crippen LogP contribution >= 0.6 is 0 Å². The largest absolute Gasteiger partial charge is 0.396 e. The Bertz CT molecular complexity index is 987. The first-order chi connectivity index (χ1) is 14.5. The average Bonchev–Trinajstić information content (AvgIpc) is 3.51. The van der Waals surface area contributed by atoms with Gasteiger partial charge in [0, 0.05) is 25.4 Å². The van der Waals surface area contributed by atoms with Gasteiger partial charge in [-0.05, 0) is 24.1 Å². The van der Waals surface area contributed by atoms with E-state index in [0.29, 0.717) is 25.2 Å². The highest BCUT2D eigenvalue weighted by molar-refractivity contribution is 6.03. The summed E-state index contributed by atoms with van der Waals surface area (Å²) in [6.45, 7) is 0.782. The minimum absolute atomic E-state index is 0.0822. The van der Waals surface area contributed by atoms with Crippen LogP contribution in [0.3, 0.4) is 0 Å². The third-order valence-electron chi connectivity index (χ3n) is 6.30. The van der Waals surface area contributed by atoms with Crippen molar-refractivity contribution in [3.8, 4) is 0 Å². The lowest BCUT2D eigenvalue weighted by Crippen LogP contribution is -2.44. The first-order valence-electron chi connectivity index (χ1n) is 10.0. The Labute approximate surface area is 173 Å². The molecule has 0 radical (unpaired) electrons. The van der Waals surface area contributed by atoms with E-state index in [1.165, 1.54) is 6.26 Å². The standard InChI is InChI=1S/C22H23N3O5/c1-24(12-15-8-11-29-23-15)20(27)18-17-6-9-22(30-17)13-25(21(28)19(18)22)16-4-2-14(3-5-16)7-10-26/h2-6,8-9,11,17-19,26H,7,10,12-13H2,1H3/t17-,18-,19-,22-/m0/s1. The van der Waals surface area contributed by atoms with E-state index in [4.69, 9.17) is 14.4 Å². The second kappa shape index (κ2) is 7.07. The summed E-state index contributed by atoms with van der Waals surface area (Å²) in [5.41, 5.74) is 1.67. The number of aliphatic hydroxyl groups excluding tert-OH is 1. The maximum absolute atomic E-state index is 13.4. The predicted octanol–water partition coefficient (Wildman–Crippen LogP) is 1.15. The summed E-state index contributed by atoms with van der Waals surface area (Å²) >= 11 is 0. The van der Waals surface area contributed by atoms with Gasteiger partial charge in [-0.25, -0.2) is 0 Å². The Morgan fingerprint density at radius 2 is 2.13 bits per heavy atom. The fourth-order valence-corrected chi connectivity index (χ4v) is 4.86. The van der Waals surface area contributed by atoms with Crippen LogP contribution in [-0.4, -0.2) is 58.9 Å². The normalized spacial score (nSPS) is 28.9. The zero-order valence-corrected chi connectivity index (χ0v) is 16.6. The van der Waals surface area contributed by atoms with Gasteiger partial charge in [-0.2, -0.15) is 0 Å². The Kier molecular flexibility index (Phi) is 4.48. The highest BCUT2D eigenvalue weighted by Crippen LogP contribution is 2.53. The number of carbonyl (C=O) groups excluding carboxylic acids is 2. The second-order valence-electron chi connectivity index (χ2n) is 8.15. The maximum atomic E-state index is 13.4. The number of nitrogens with zero attached hydrogens (tertiary/aromatic N) is 3. The fraction of sp³-hybridized carbons (Fsp3) is 0.409. The zero-order valence-electron chi connectivity index (χ0n) is 16.6. The third kappa shape index (κ3) is 2.86. The highest BCUT2D eigenvalue weighted by Gasteiger charge is 2.67. The van der Waals surface area contributed by atoms with Crippen LogP contribution in [0.2, 0.25) is 0 Å². The van der Waals surface area contributed by atoms with Gasteiger partial charge in [-0.15, -0.1) is 0 Å². The van der Waals surface area contributed by atoms with Crippen LogP contribution in [0.1, 0.15) is 11.3 Å². The number of rotatable bonds is 6. The lowest BCUT2D eigenvalue weighted by Gasteiger charge is -2.27. The van der Waals surface area contributed by atoms with Crippen LogP contribution in [0.15, 0.2) is 53.3 Å². The minimum Gasteiger partial charge on any atom is -0.396 e. The van der Waals surface area contributed by atoms with Gasteiger partial charge >= 0.3 is 0 Å². The van der Waals surface area contributed by atoms with E-state index >= 15 is 0 Å². The predicted molar refractivity (Wildman–Crippen MR) is 106 cm³/mol. The van der Waals surface area contributed by atoms with Crippen molar-refractivity contribution in [3.63, 3.8) is 0 Å². The number of anilines is 1. The van der Waals surface area contributed by atoms with Gasteiger partial charge in [0.15, 0.2) is 0 Å². The highest BCUT2D eigenvalue weighted by atomic mass is 16.5. The molecule has 3 aliphatic rings. The van der Waals surface area contributed by atoms with Crippen LogP contribution in [0.5, 0.6) is 0 Å². The number of benzene rings is 1. The van der Waals surface area contributed by atoms with Gasteiger partial charge < -0.3 is 24.2 Å². The molecule has 2 bridgehead atoms. The third-order valence-corrected chi connectivity index (χ3v) is 6.30. The minimum atomic E-state index is -0.763. The van der Waals surface area contributed by atoms with Gasteiger partial charge in [0.1, 0.15) is 17.6 Å². The van der Waals surface area contributed by atoms with E-state index in [9.17, 15) is 9.59 Å². The van der Waals surface area contributed by atoms with Crippen molar-refractivity contribution in [3.05, 3.63) is 60.0 Å². The van der Waals surface area contributed by atoms with E-state index in [1.807, 2.05) is 36.4 Å². The van der Waals surface area contributed by atoms with E-state index in [-0.39, 0.29) is 24.5 Å². The summed E-state index contributed by atoms with van der Waals surface area (Å²) in [6, 6.07) is 9.29. The van der Waals surface area contributed by atoms with Crippen molar-refractivity contribution in [1.29, 1.82) is 0 Å². The number of ether oxygens (including phenoxy) is 1. The lowest BCUT2D eigenvalue weighted by atomic mass is 9.76. The van der Waals surface area contributed by atoms with Crippen LogP contribution in [-0.2, 0) is 27.3 Å². The van der Waals surface area contributed by atoms with Gasteiger partial charge in [0.25, 0.3) is 0 Å². The number of hydrogen-bond donors (Lipinski definition) is 1. The molecule has 1 aromatic carbocycles. The van der Waals surface area contributed by atoms with Crippen molar-refractivity contribution >= 4 is 17.5 Å². The quantitative estimate of drug-likeness (QED) is 0.720. The molecule has 0 aliphatic carbocycles. The summed E-state index contributed by atoms with van der Waals surface area (Å²) < 4.78 is 11.0. The van der Waals surface area contributed by atoms with E-state index < -0.39 is 17.4 Å². The molecule has 3 aliphatic heterocycles. The van der Waals surface area contributed by atoms with E-state index in [2.05, 4.69) is 5.16 Å². The summed E-state index contributed by atoms with van der Waals surface area (Å²) in [7, 11) is 1.70. The Morgan fingerprint density at radius 1 is 1.33 bits per heavy atom. The number of amides is 2. The first-order valence-corrected chi connectivity index (χ1v) is 10.0. The smallest absolute Gasteiger partial charge is 0.234 e. The zero-order chi connectivity index (χ0) is 20.9. The molecule has 1 N–H and O–H groups in total. The van der Waals surface area contributed by atoms with E-state index in [1.54, 1.807) is 22.9 Å². The number of fused-ring (bicyclic) bond motifs is 1. The summed E-state index contributed by atoms with van der Waals surface area (Å²) in [4.78, 5) is 30.0. The molecule has 30 heavy (non-hydrogen) atoms. The van der Waals surface area contributed by atoms with Crippen molar-refractivity contribution in [2.45, 2.75) is 24.7 Å². The molecule has 4 heterocycles. The Hall–Kier alpha value is -2.97. The summed E-state index contributed by atoms with van der Waals surface area (Å²) in [5.74, 6) is -1.33. The number of hydrogen-bond acceptors (Lipinski definition) is 6. The van der Waals surface area contributed by atoms with Gasteiger partial charge in [0.2, 0.25) is 11.8 Å². The molecule has 2 amide bonds. The molecule has 2 saturated heterocycles. The molecule has 1 aromatic heterocycles. The summed E-state index contributed by atoms with van der Waals surface area (Å²) in [5, 5.41) is 13.0. The molecule has 2 fully saturated rings. The Balaban J connectivity index is 1.39. The van der Waals surface area contributed by atoms with Crippen molar-refractivity contribution in [2.75, 3.05) is 25.1 Å². The molecular formula is C22H23N3O5. The molecule has 5 rings (SSSR count). The second-order valence-corrected chi connectivity index (χ2v) is 8.15. The topological polar surface area (TPSA) is 96.1 Å². The molecule has 8 heteroatoms. The fourth-order valence-electron chi connectivity index (χ4n) is 4.86. The molecule has 0 saturated carbocycles.